The molecule has 7 nitrogen and oxygen atoms in total. The predicted octanol–water partition coefficient (Wildman–Crippen LogP) is 0.0542. The van der Waals surface area contributed by atoms with E-state index in [0.717, 1.165) is 0 Å². The summed E-state index contributed by atoms with van der Waals surface area (Å²) >= 11 is 0. The molecule has 0 atom stereocenters. The second-order valence-electron chi connectivity index (χ2n) is 3.72. The normalized spacial score (nSPS) is 10.7. The van der Waals surface area contributed by atoms with Gasteiger partial charge in [0, 0.05) is 13.2 Å². The lowest BCUT2D eigenvalue weighted by Gasteiger charge is -2.06. The molecule has 16 heavy (non-hydrogen) atoms. The van der Waals surface area contributed by atoms with E-state index in [2.05, 4.69) is 34.1 Å². The van der Waals surface area contributed by atoms with Gasteiger partial charge in [-0.1, -0.05) is 13.8 Å². The molecule has 0 unspecified atom stereocenters. The van der Waals surface area contributed by atoms with E-state index >= 15 is 0 Å². The van der Waals surface area contributed by atoms with Crippen LogP contribution in [0.2, 0.25) is 0 Å². The quantitative estimate of drug-likeness (QED) is 0.667. The highest BCUT2D eigenvalue weighted by atomic mass is 16.6. The molecule has 0 spiro atoms. The number of carbonyl (C=O) groups is 1. The van der Waals surface area contributed by atoms with Crippen molar-refractivity contribution in [3.05, 3.63) is 5.69 Å². The highest BCUT2D eigenvalue weighted by molar-refractivity contribution is 5.95. The minimum Gasteiger partial charge on any atom is -0.379 e. The molecular weight excluding hydrogens is 212 g/mol. The summed E-state index contributed by atoms with van der Waals surface area (Å²) in [5.74, 6) is 0.0542. The van der Waals surface area contributed by atoms with Gasteiger partial charge in [0.1, 0.15) is 0 Å². The third-order valence-electron chi connectivity index (χ3n) is 1.71. The van der Waals surface area contributed by atoms with Crippen molar-refractivity contribution in [3.63, 3.8) is 0 Å². The van der Waals surface area contributed by atoms with Crippen molar-refractivity contribution in [1.29, 1.82) is 0 Å². The average Bonchev–Trinajstić information content (AvgIpc) is 2.63. The number of carbonyl (C=O) groups excluding carboxylic acids is 1. The van der Waals surface area contributed by atoms with Crippen LogP contribution >= 0.6 is 0 Å². The zero-order valence-corrected chi connectivity index (χ0v) is 9.40. The first-order chi connectivity index (χ1) is 7.61. The van der Waals surface area contributed by atoms with Crippen LogP contribution in [0.3, 0.4) is 0 Å². The Morgan fingerprint density at radius 1 is 1.56 bits per heavy atom. The van der Waals surface area contributed by atoms with Crippen molar-refractivity contribution < 1.29 is 14.2 Å². The lowest BCUT2D eigenvalue weighted by Crippen LogP contribution is -2.28. The summed E-state index contributed by atoms with van der Waals surface area (Å²) < 4.78 is 9.60. The molecule has 3 N–H and O–H groups in total. The van der Waals surface area contributed by atoms with Crippen molar-refractivity contribution in [2.45, 2.75) is 13.8 Å². The molecule has 0 saturated heterocycles. The fourth-order valence-electron chi connectivity index (χ4n) is 0.992. The predicted molar refractivity (Wildman–Crippen MR) is 56.7 cm³/mol. The summed E-state index contributed by atoms with van der Waals surface area (Å²) in [7, 11) is 0. The van der Waals surface area contributed by atoms with E-state index in [4.69, 9.17) is 10.5 Å². The summed E-state index contributed by atoms with van der Waals surface area (Å²) in [4.78, 5) is 11.4. The molecule has 0 bridgehead atoms. The van der Waals surface area contributed by atoms with Crippen LogP contribution in [0, 0.1) is 5.92 Å². The summed E-state index contributed by atoms with van der Waals surface area (Å²) in [5, 5.41) is 9.28. The average molecular weight is 228 g/mol. The highest BCUT2D eigenvalue weighted by Crippen LogP contribution is 2.02. The number of nitrogens with zero attached hydrogens (tertiary/aromatic N) is 2. The van der Waals surface area contributed by atoms with Gasteiger partial charge >= 0.3 is 0 Å². The molecule has 1 amide bonds. The Morgan fingerprint density at radius 3 is 2.88 bits per heavy atom. The summed E-state index contributed by atoms with van der Waals surface area (Å²) in [6, 6.07) is 0. The van der Waals surface area contributed by atoms with Crippen molar-refractivity contribution in [2.75, 3.05) is 25.5 Å². The maximum Gasteiger partial charge on any atom is 0.277 e. The fraction of sp³-hybridized carbons (Fsp3) is 0.667. The largest absolute Gasteiger partial charge is 0.379 e. The molecule has 0 aliphatic carbocycles. The fourth-order valence-corrected chi connectivity index (χ4v) is 0.992. The molecular formula is C9H16N4O3. The summed E-state index contributed by atoms with van der Waals surface area (Å²) in [5.41, 5.74) is 5.36. The minimum atomic E-state index is -0.410. The van der Waals surface area contributed by atoms with Crippen LogP contribution < -0.4 is 11.1 Å². The number of nitrogens with one attached hydrogen (secondary N) is 1. The number of hydrogen-bond donors (Lipinski definition) is 2. The van der Waals surface area contributed by atoms with E-state index < -0.39 is 5.91 Å². The van der Waals surface area contributed by atoms with Crippen LogP contribution in [0.1, 0.15) is 24.3 Å². The standard InChI is InChI=1S/C9H16N4O3/c1-6(2)5-15-4-3-11-9(14)7-8(10)13-16-12-7/h6H,3-5H2,1-2H3,(H2,10,13)(H,11,14). The third kappa shape index (κ3) is 3.85. The Labute approximate surface area is 93.3 Å². The zero-order chi connectivity index (χ0) is 12.0. The molecule has 1 aromatic rings. The molecule has 7 heteroatoms. The van der Waals surface area contributed by atoms with Crippen LogP contribution in [0.4, 0.5) is 5.82 Å². The number of aromatic nitrogens is 2. The van der Waals surface area contributed by atoms with Gasteiger partial charge < -0.3 is 15.8 Å². The molecule has 0 radical (unpaired) electrons. The number of amides is 1. The van der Waals surface area contributed by atoms with E-state index in [0.29, 0.717) is 25.7 Å². The summed E-state index contributed by atoms with van der Waals surface area (Å²) in [6.45, 7) is 5.64. The van der Waals surface area contributed by atoms with Gasteiger partial charge in [0.2, 0.25) is 11.5 Å². The lowest BCUT2D eigenvalue weighted by molar-refractivity contribution is 0.0878. The zero-order valence-electron chi connectivity index (χ0n) is 9.40. The van der Waals surface area contributed by atoms with E-state index in [1.165, 1.54) is 0 Å². The van der Waals surface area contributed by atoms with Crippen LogP contribution in [0.5, 0.6) is 0 Å². The topological polar surface area (TPSA) is 103 Å². The van der Waals surface area contributed by atoms with Gasteiger partial charge in [-0.3, -0.25) is 4.79 Å². The molecule has 1 aromatic heterocycles. The van der Waals surface area contributed by atoms with Crippen molar-refractivity contribution in [2.24, 2.45) is 5.92 Å². The minimum absolute atomic E-state index is 0.00357. The number of hydrogen-bond acceptors (Lipinski definition) is 6. The number of ether oxygens (including phenoxy) is 1. The van der Waals surface area contributed by atoms with E-state index in [9.17, 15) is 4.79 Å². The Morgan fingerprint density at radius 2 is 2.31 bits per heavy atom. The maximum atomic E-state index is 11.4. The van der Waals surface area contributed by atoms with Gasteiger partial charge in [-0.2, -0.15) is 0 Å². The van der Waals surface area contributed by atoms with E-state index in [1.807, 2.05) is 0 Å². The van der Waals surface area contributed by atoms with Gasteiger partial charge in [0.25, 0.3) is 5.91 Å². The molecule has 0 saturated carbocycles. The second-order valence-corrected chi connectivity index (χ2v) is 3.72. The number of nitrogens with two attached hydrogens (primary N) is 1. The SMILES string of the molecule is CC(C)COCCNC(=O)c1nonc1N. The van der Waals surface area contributed by atoms with Crippen molar-refractivity contribution in [3.8, 4) is 0 Å². The van der Waals surface area contributed by atoms with Crippen molar-refractivity contribution >= 4 is 11.7 Å². The van der Waals surface area contributed by atoms with Gasteiger partial charge in [-0.25, -0.2) is 4.63 Å². The first-order valence-corrected chi connectivity index (χ1v) is 5.05. The number of anilines is 1. The molecule has 0 fully saturated rings. The van der Waals surface area contributed by atoms with Gasteiger partial charge in [0.15, 0.2) is 0 Å². The second kappa shape index (κ2) is 6.06. The first kappa shape index (κ1) is 12.4. The molecule has 0 aliphatic heterocycles. The monoisotopic (exact) mass is 228 g/mol. The highest BCUT2D eigenvalue weighted by Gasteiger charge is 2.14. The first-order valence-electron chi connectivity index (χ1n) is 5.05. The van der Waals surface area contributed by atoms with Crippen LogP contribution in [-0.4, -0.2) is 36.0 Å². The Kier molecular flexibility index (Phi) is 4.71. The van der Waals surface area contributed by atoms with Crippen LogP contribution in [0.25, 0.3) is 0 Å². The smallest absolute Gasteiger partial charge is 0.277 e. The molecule has 1 heterocycles. The molecule has 90 valence electrons. The molecule has 0 aliphatic rings. The Hall–Kier alpha value is -1.63. The van der Waals surface area contributed by atoms with Gasteiger partial charge in [-0.15, -0.1) is 0 Å². The lowest BCUT2D eigenvalue weighted by atomic mass is 10.2. The van der Waals surface area contributed by atoms with Crippen LogP contribution in [-0.2, 0) is 4.74 Å². The number of nitrogen functional groups attached to an aromatic ring is 1. The number of rotatable bonds is 6. The van der Waals surface area contributed by atoms with Crippen LogP contribution in [0.15, 0.2) is 4.63 Å². The Bertz CT molecular complexity index is 337. The van der Waals surface area contributed by atoms with Crippen molar-refractivity contribution in [1.82, 2.24) is 15.6 Å². The maximum absolute atomic E-state index is 11.4. The third-order valence-corrected chi connectivity index (χ3v) is 1.71. The Balaban J connectivity index is 2.19. The summed E-state index contributed by atoms with van der Waals surface area (Å²) in [6.07, 6.45) is 0. The van der Waals surface area contributed by atoms with E-state index in [-0.39, 0.29) is 11.5 Å². The van der Waals surface area contributed by atoms with Gasteiger partial charge in [-0.05, 0) is 16.2 Å². The molecule has 1 rings (SSSR count). The van der Waals surface area contributed by atoms with Gasteiger partial charge in [0.05, 0.1) is 6.61 Å². The molecule has 0 aromatic carbocycles. The van der Waals surface area contributed by atoms with E-state index in [1.54, 1.807) is 0 Å².